The molecule has 0 spiro atoms. The number of benzene rings is 1. The fourth-order valence-corrected chi connectivity index (χ4v) is 4.24. The third-order valence-corrected chi connectivity index (χ3v) is 6.05. The summed E-state index contributed by atoms with van der Waals surface area (Å²) in [6.07, 6.45) is 8.36. The minimum atomic E-state index is 0.405. The molecule has 0 bridgehead atoms. The number of anilines is 2. The van der Waals surface area contributed by atoms with Crippen molar-refractivity contribution in [1.29, 1.82) is 0 Å². The van der Waals surface area contributed by atoms with Crippen LogP contribution in [0, 0.1) is 0 Å². The van der Waals surface area contributed by atoms with Gasteiger partial charge >= 0.3 is 0 Å². The van der Waals surface area contributed by atoms with Crippen molar-refractivity contribution in [2.24, 2.45) is 0 Å². The lowest BCUT2D eigenvalue weighted by atomic mass is 10.1. The van der Waals surface area contributed by atoms with Gasteiger partial charge in [0.15, 0.2) is 0 Å². The molecule has 1 N–H and O–H groups in total. The van der Waals surface area contributed by atoms with Gasteiger partial charge in [-0.05, 0) is 24.8 Å². The largest absolute Gasteiger partial charge is 0.366 e. The second-order valence-corrected chi connectivity index (χ2v) is 8.14. The molecule has 3 heterocycles. The summed E-state index contributed by atoms with van der Waals surface area (Å²) in [5, 5.41) is 4.52. The van der Waals surface area contributed by atoms with Crippen molar-refractivity contribution in [3.63, 3.8) is 0 Å². The van der Waals surface area contributed by atoms with E-state index in [1.807, 2.05) is 18.5 Å². The molecule has 6 nitrogen and oxygen atoms in total. The van der Waals surface area contributed by atoms with Gasteiger partial charge in [-0.25, -0.2) is 15.0 Å². The zero-order valence-electron chi connectivity index (χ0n) is 16.7. The quantitative estimate of drug-likeness (QED) is 0.590. The molecular formula is C22H26N6S. The molecule has 1 fully saturated rings. The van der Waals surface area contributed by atoms with E-state index in [1.54, 1.807) is 18.1 Å². The number of aromatic nitrogens is 4. The van der Waals surface area contributed by atoms with Crippen LogP contribution in [0.5, 0.6) is 0 Å². The Morgan fingerprint density at radius 1 is 1.10 bits per heavy atom. The lowest BCUT2D eigenvalue weighted by Gasteiger charge is -2.33. The van der Waals surface area contributed by atoms with E-state index in [0.29, 0.717) is 6.04 Å². The molecule has 7 heteroatoms. The van der Waals surface area contributed by atoms with E-state index in [9.17, 15) is 0 Å². The summed E-state index contributed by atoms with van der Waals surface area (Å²) in [7, 11) is 0. The van der Waals surface area contributed by atoms with E-state index < -0.39 is 0 Å². The van der Waals surface area contributed by atoms with Crippen LogP contribution >= 0.6 is 11.8 Å². The summed E-state index contributed by atoms with van der Waals surface area (Å²) in [4.78, 5) is 20.2. The van der Waals surface area contributed by atoms with Gasteiger partial charge in [-0.3, -0.25) is 4.98 Å². The van der Waals surface area contributed by atoms with Crippen molar-refractivity contribution in [1.82, 2.24) is 19.9 Å². The first-order valence-electron chi connectivity index (χ1n) is 10.1. The maximum absolute atomic E-state index is 4.74. The van der Waals surface area contributed by atoms with E-state index in [4.69, 9.17) is 4.98 Å². The zero-order valence-corrected chi connectivity index (χ0v) is 17.5. The summed E-state index contributed by atoms with van der Waals surface area (Å²) in [5.41, 5.74) is 2.39. The Bertz CT molecular complexity index is 912. The highest BCUT2D eigenvalue weighted by atomic mass is 32.2. The van der Waals surface area contributed by atoms with E-state index in [0.717, 1.165) is 60.5 Å². The Kier molecular flexibility index (Phi) is 6.56. The molecule has 29 heavy (non-hydrogen) atoms. The SMILES string of the molecule is CCc1cc(N2CCC(Nc3cncc(SCc4ccccc4)n3)CC2)ncn1. The minimum Gasteiger partial charge on any atom is -0.366 e. The monoisotopic (exact) mass is 406 g/mol. The first-order valence-corrected chi connectivity index (χ1v) is 11.1. The molecule has 1 saturated heterocycles. The van der Waals surface area contributed by atoms with Crippen molar-refractivity contribution < 1.29 is 0 Å². The van der Waals surface area contributed by atoms with Crippen LogP contribution in [0.1, 0.15) is 31.0 Å². The normalized spacial score (nSPS) is 14.7. The van der Waals surface area contributed by atoms with Gasteiger partial charge in [0.1, 0.15) is 23.0 Å². The molecule has 0 radical (unpaired) electrons. The Hall–Kier alpha value is -2.67. The third-order valence-electron chi connectivity index (χ3n) is 5.08. The Balaban J connectivity index is 1.30. The van der Waals surface area contributed by atoms with Crippen LogP contribution in [0.25, 0.3) is 0 Å². The number of rotatable bonds is 7. The van der Waals surface area contributed by atoms with Crippen LogP contribution in [0.15, 0.2) is 60.1 Å². The summed E-state index contributed by atoms with van der Waals surface area (Å²) < 4.78 is 0. The van der Waals surface area contributed by atoms with Gasteiger partial charge in [0.05, 0.1) is 12.4 Å². The molecule has 0 unspecified atom stereocenters. The van der Waals surface area contributed by atoms with Crippen molar-refractivity contribution in [3.8, 4) is 0 Å². The molecule has 150 valence electrons. The second kappa shape index (κ2) is 9.69. The number of piperidine rings is 1. The van der Waals surface area contributed by atoms with Crippen LogP contribution in [0.3, 0.4) is 0 Å². The maximum atomic E-state index is 4.74. The predicted molar refractivity (Wildman–Crippen MR) is 118 cm³/mol. The topological polar surface area (TPSA) is 66.8 Å². The van der Waals surface area contributed by atoms with Crippen LogP contribution < -0.4 is 10.2 Å². The van der Waals surface area contributed by atoms with Crippen LogP contribution in [0.2, 0.25) is 0 Å². The van der Waals surface area contributed by atoms with Crippen molar-refractivity contribution in [3.05, 3.63) is 66.4 Å². The molecule has 0 saturated carbocycles. The van der Waals surface area contributed by atoms with Crippen molar-refractivity contribution >= 4 is 23.4 Å². The summed E-state index contributed by atoms with van der Waals surface area (Å²) in [5.74, 6) is 2.79. The van der Waals surface area contributed by atoms with Gasteiger partial charge < -0.3 is 10.2 Å². The summed E-state index contributed by atoms with van der Waals surface area (Å²) >= 11 is 1.71. The Morgan fingerprint density at radius 2 is 1.93 bits per heavy atom. The van der Waals surface area contributed by atoms with Gasteiger partial charge in [0, 0.05) is 36.6 Å². The third kappa shape index (κ3) is 5.44. The second-order valence-electron chi connectivity index (χ2n) is 7.14. The molecule has 3 aromatic rings. The van der Waals surface area contributed by atoms with Crippen molar-refractivity contribution in [2.45, 2.75) is 43.0 Å². The lowest BCUT2D eigenvalue weighted by Crippen LogP contribution is -2.39. The fraction of sp³-hybridized carbons (Fsp3) is 0.364. The number of hydrogen-bond donors (Lipinski definition) is 1. The van der Waals surface area contributed by atoms with Crippen LogP contribution in [-0.2, 0) is 12.2 Å². The van der Waals surface area contributed by atoms with Gasteiger partial charge in [-0.2, -0.15) is 0 Å². The molecule has 0 atom stereocenters. The Morgan fingerprint density at radius 3 is 2.72 bits per heavy atom. The summed E-state index contributed by atoms with van der Waals surface area (Å²) in [6.45, 7) is 4.08. The highest BCUT2D eigenvalue weighted by Gasteiger charge is 2.20. The number of nitrogens with one attached hydrogen (secondary N) is 1. The maximum Gasteiger partial charge on any atom is 0.146 e. The Labute approximate surface area is 176 Å². The van der Waals surface area contributed by atoms with Crippen LogP contribution in [-0.4, -0.2) is 39.1 Å². The molecule has 4 rings (SSSR count). The van der Waals surface area contributed by atoms with E-state index in [1.165, 1.54) is 5.56 Å². The van der Waals surface area contributed by atoms with Gasteiger partial charge in [0.2, 0.25) is 0 Å². The molecule has 1 aromatic carbocycles. The number of hydrogen-bond acceptors (Lipinski definition) is 7. The van der Waals surface area contributed by atoms with Crippen LogP contribution in [0.4, 0.5) is 11.6 Å². The fourth-order valence-electron chi connectivity index (χ4n) is 3.43. The standard InChI is InChI=1S/C22H26N6S/c1-2-18-12-21(25-16-24-18)28-10-8-19(9-11-28)26-20-13-23-14-22(27-20)29-15-17-6-4-3-5-7-17/h3-7,12-14,16,19H,2,8-11,15H2,1H3,(H,26,27). The highest BCUT2D eigenvalue weighted by Crippen LogP contribution is 2.23. The molecule has 0 amide bonds. The smallest absolute Gasteiger partial charge is 0.146 e. The zero-order chi connectivity index (χ0) is 19.9. The van der Waals surface area contributed by atoms with Crippen molar-refractivity contribution in [2.75, 3.05) is 23.3 Å². The van der Waals surface area contributed by atoms with Gasteiger partial charge in [-0.1, -0.05) is 37.3 Å². The minimum absolute atomic E-state index is 0.405. The van der Waals surface area contributed by atoms with Gasteiger partial charge in [-0.15, -0.1) is 11.8 Å². The van der Waals surface area contributed by atoms with Gasteiger partial charge in [0.25, 0.3) is 0 Å². The highest BCUT2D eigenvalue weighted by molar-refractivity contribution is 7.98. The first-order chi connectivity index (χ1) is 14.3. The molecule has 0 aliphatic carbocycles. The van der Waals surface area contributed by atoms with E-state index >= 15 is 0 Å². The molecule has 1 aliphatic rings. The molecular weight excluding hydrogens is 380 g/mol. The predicted octanol–water partition coefficient (Wildman–Crippen LogP) is 4.20. The average Bonchev–Trinajstić information content (AvgIpc) is 2.79. The number of aryl methyl sites for hydroxylation is 1. The lowest BCUT2D eigenvalue weighted by molar-refractivity contribution is 0.521. The van der Waals surface area contributed by atoms with E-state index in [-0.39, 0.29) is 0 Å². The molecule has 2 aromatic heterocycles. The molecule has 1 aliphatic heterocycles. The number of nitrogens with zero attached hydrogens (tertiary/aromatic N) is 5. The summed E-state index contributed by atoms with van der Waals surface area (Å²) in [6, 6.07) is 13.0. The average molecular weight is 407 g/mol. The first kappa shape index (κ1) is 19.6. The van der Waals surface area contributed by atoms with E-state index in [2.05, 4.69) is 62.4 Å². The number of thioether (sulfide) groups is 1.